The van der Waals surface area contributed by atoms with Crippen molar-refractivity contribution < 1.29 is 0 Å². The molecule has 1 aliphatic heterocycles. The van der Waals surface area contributed by atoms with Gasteiger partial charge in [0.25, 0.3) is 0 Å². The largest absolute Gasteiger partial charge is 0.365 e. The average Bonchev–Trinajstić information content (AvgIpc) is 2.11. The Morgan fingerprint density at radius 2 is 1.85 bits per heavy atom. The molecule has 0 aromatic heterocycles. The van der Waals surface area contributed by atoms with Gasteiger partial charge >= 0.3 is 0 Å². The normalized spacial score (nSPS) is 29.8. The maximum absolute atomic E-state index is 5.08. The first kappa shape index (κ1) is 10.7. The molecule has 2 atom stereocenters. The van der Waals surface area contributed by atoms with Crippen molar-refractivity contribution in [3.8, 4) is 0 Å². The Kier molecular flexibility index (Phi) is 3.93. The number of hydrogen-bond donors (Lipinski definition) is 2. The maximum Gasteiger partial charge on any atom is 0.180 e. The Hall–Kier alpha value is -0.350. The van der Waals surface area contributed by atoms with E-state index < -0.39 is 0 Å². The van der Waals surface area contributed by atoms with Crippen molar-refractivity contribution in [2.75, 3.05) is 7.05 Å². The van der Waals surface area contributed by atoms with Gasteiger partial charge in [-0.25, -0.2) is 5.01 Å². The highest BCUT2D eigenvalue weighted by atomic mass is 32.1. The third kappa shape index (κ3) is 2.81. The minimum atomic E-state index is 0.579. The second kappa shape index (κ2) is 4.77. The van der Waals surface area contributed by atoms with E-state index in [2.05, 4.69) is 29.6 Å². The van der Waals surface area contributed by atoms with Crippen molar-refractivity contribution in [3.05, 3.63) is 0 Å². The Labute approximate surface area is 85.8 Å². The molecule has 1 fully saturated rings. The molecule has 0 aliphatic carbocycles. The molecule has 0 bridgehead atoms. The number of hydrazine groups is 1. The van der Waals surface area contributed by atoms with Crippen LogP contribution in [0.5, 0.6) is 0 Å². The van der Waals surface area contributed by atoms with Gasteiger partial charge in [0.1, 0.15) is 0 Å². The number of thiocarbonyl (C=S) groups is 1. The van der Waals surface area contributed by atoms with Crippen molar-refractivity contribution in [2.45, 2.75) is 45.2 Å². The maximum atomic E-state index is 5.08. The number of piperidine rings is 1. The fourth-order valence-electron chi connectivity index (χ4n) is 1.81. The molecule has 0 saturated carbocycles. The van der Waals surface area contributed by atoms with Crippen LogP contribution in [0.1, 0.15) is 33.1 Å². The summed E-state index contributed by atoms with van der Waals surface area (Å²) in [4.78, 5) is 0. The summed E-state index contributed by atoms with van der Waals surface area (Å²) in [5.74, 6) is 0. The lowest BCUT2D eigenvalue weighted by molar-refractivity contribution is 0.0738. The lowest BCUT2D eigenvalue weighted by Gasteiger charge is -2.39. The minimum Gasteiger partial charge on any atom is -0.365 e. The molecule has 4 heteroatoms. The van der Waals surface area contributed by atoms with E-state index in [1.165, 1.54) is 19.3 Å². The van der Waals surface area contributed by atoms with Gasteiger partial charge in [0.15, 0.2) is 5.11 Å². The number of rotatable bonds is 1. The number of nitrogens with one attached hydrogen (secondary N) is 2. The molecule has 0 aromatic rings. The van der Waals surface area contributed by atoms with Gasteiger partial charge in [0.2, 0.25) is 0 Å². The number of nitrogens with zero attached hydrogens (tertiary/aromatic N) is 1. The van der Waals surface area contributed by atoms with Gasteiger partial charge in [0.05, 0.1) is 0 Å². The molecule has 0 unspecified atom stereocenters. The molecule has 2 N–H and O–H groups in total. The second-order valence-electron chi connectivity index (χ2n) is 3.73. The summed E-state index contributed by atoms with van der Waals surface area (Å²) < 4.78 is 0. The molecule has 0 radical (unpaired) electrons. The molecule has 0 aromatic carbocycles. The molecule has 76 valence electrons. The highest BCUT2D eigenvalue weighted by molar-refractivity contribution is 7.80. The Morgan fingerprint density at radius 1 is 1.31 bits per heavy atom. The zero-order valence-electron chi connectivity index (χ0n) is 8.63. The fourth-order valence-corrected chi connectivity index (χ4v) is 1.92. The van der Waals surface area contributed by atoms with Gasteiger partial charge in [-0.05, 0) is 38.9 Å². The first-order chi connectivity index (χ1) is 6.15. The van der Waals surface area contributed by atoms with Crippen molar-refractivity contribution in [1.82, 2.24) is 15.8 Å². The van der Waals surface area contributed by atoms with Crippen LogP contribution in [0.2, 0.25) is 0 Å². The van der Waals surface area contributed by atoms with Gasteiger partial charge in [0, 0.05) is 19.1 Å². The summed E-state index contributed by atoms with van der Waals surface area (Å²) in [7, 11) is 1.84. The van der Waals surface area contributed by atoms with Crippen LogP contribution in [-0.4, -0.2) is 29.3 Å². The van der Waals surface area contributed by atoms with Crippen LogP contribution in [0.3, 0.4) is 0 Å². The van der Waals surface area contributed by atoms with E-state index in [-0.39, 0.29) is 0 Å². The third-order valence-corrected chi connectivity index (χ3v) is 2.95. The number of hydrogen-bond acceptors (Lipinski definition) is 2. The van der Waals surface area contributed by atoms with E-state index in [9.17, 15) is 0 Å². The van der Waals surface area contributed by atoms with Crippen LogP contribution in [0, 0.1) is 0 Å². The Morgan fingerprint density at radius 3 is 2.31 bits per heavy atom. The lowest BCUT2D eigenvalue weighted by Crippen LogP contribution is -2.55. The van der Waals surface area contributed by atoms with Crippen LogP contribution >= 0.6 is 12.2 Å². The quantitative estimate of drug-likeness (QED) is 0.625. The van der Waals surface area contributed by atoms with Crippen LogP contribution < -0.4 is 10.7 Å². The molecule has 1 heterocycles. The van der Waals surface area contributed by atoms with Crippen LogP contribution in [0.15, 0.2) is 0 Å². The summed E-state index contributed by atoms with van der Waals surface area (Å²) in [6, 6.07) is 1.16. The van der Waals surface area contributed by atoms with Crippen molar-refractivity contribution in [1.29, 1.82) is 0 Å². The zero-order chi connectivity index (χ0) is 9.84. The van der Waals surface area contributed by atoms with Crippen LogP contribution in [0.25, 0.3) is 0 Å². The van der Waals surface area contributed by atoms with E-state index in [1.54, 1.807) is 0 Å². The van der Waals surface area contributed by atoms with E-state index in [1.807, 2.05) is 7.05 Å². The van der Waals surface area contributed by atoms with E-state index in [0.29, 0.717) is 17.2 Å². The minimum absolute atomic E-state index is 0.579. The molecule has 0 spiro atoms. The summed E-state index contributed by atoms with van der Waals surface area (Å²) >= 11 is 5.08. The van der Waals surface area contributed by atoms with Crippen LogP contribution in [-0.2, 0) is 0 Å². The van der Waals surface area contributed by atoms with Gasteiger partial charge in [-0.15, -0.1) is 0 Å². The zero-order valence-corrected chi connectivity index (χ0v) is 9.45. The van der Waals surface area contributed by atoms with E-state index >= 15 is 0 Å². The first-order valence-electron chi connectivity index (χ1n) is 4.92. The van der Waals surface area contributed by atoms with Crippen molar-refractivity contribution in [3.63, 3.8) is 0 Å². The summed E-state index contributed by atoms with van der Waals surface area (Å²) in [6.45, 7) is 4.47. The molecule has 0 amide bonds. The SMILES string of the molecule is CNC(=S)NN1[C@H](C)CCC[C@@H]1C. The Balaban J connectivity index is 2.48. The van der Waals surface area contributed by atoms with E-state index in [0.717, 1.165) is 0 Å². The molecule has 13 heavy (non-hydrogen) atoms. The van der Waals surface area contributed by atoms with Crippen molar-refractivity contribution >= 4 is 17.3 Å². The highest BCUT2D eigenvalue weighted by Crippen LogP contribution is 2.19. The standard InChI is InChI=1S/C9H19N3S/c1-7-5-4-6-8(2)12(7)11-9(13)10-3/h7-8H,4-6H2,1-3H3,(H2,10,11,13)/t7-,8+. The van der Waals surface area contributed by atoms with Gasteiger partial charge in [-0.2, -0.15) is 0 Å². The third-order valence-electron chi connectivity index (χ3n) is 2.65. The summed E-state index contributed by atoms with van der Waals surface area (Å²) in [5, 5.41) is 5.89. The van der Waals surface area contributed by atoms with Crippen LogP contribution in [0.4, 0.5) is 0 Å². The molecule has 1 saturated heterocycles. The van der Waals surface area contributed by atoms with Gasteiger partial charge in [-0.3, -0.25) is 5.43 Å². The monoisotopic (exact) mass is 201 g/mol. The second-order valence-corrected chi connectivity index (χ2v) is 4.14. The Bertz CT molecular complexity index is 174. The molecular weight excluding hydrogens is 182 g/mol. The topological polar surface area (TPSA) is 27.3 Å². The first-order valence-corrected chi connectivity index (χ1v) is 5.32. The average molecular weight is 201 g/mol. The molecule has 1 aliphatic rings. The van der Waals surface area contributed by atoms with E-state index in [4.69, 9.17) is 12.2 Å². The van der Waals surface area contributed by atoms with Crippen molar-refractivity contribution in [2.24, 2.45) is 0 Å². The van der Waals surface area contributed by atoms with Gasteiger partial charge in [-0.1, -0.05) is 6.42 Å². The fraction of sp³-hybridized carbons (Fsp3) is 0.889. The molecule has 3 nitrogen and oxygen atoms in total. The highest BCUT2D eigenvalue weighted by Gasteiger charge is 2.24. The molecular formula is C9H19N3S. The predicted octanol–water partition coefficient (Wildman–Crippen LogP) is 1.26. The van der Waals surface area contributed by atoms with Gasteiger partial charge < -0.3 is 5.32 Å². The predicted molar refractivity (Wildman–Crippen MR) is 59.4 cm³/mol. The smallest absolute Gasteiger partial charge is 0.180 e. The summed E-state index contributed by atoms with van der Waals surface area (Å²) in [6.07, 6.45) is 3.83. The lowest BCUT2D eigenvalue weighted by atomic mass is 10.00. The summed E-state index contributed by atoms with van der Waals surface area (Å²) in [5.41, 5.74) is 3.22. The molecule has 1 rings (SSSR count).